The van der Waals surface area contributed by atoms with E-state index >= 15 is 0 Å². The van der Waals surface area contributed by atoms with E-state index in [0.717, 1.165) is 5.56 Å². The van der Waals surface area contributed by atoms with Gasteiger partial charge in [-0.2, -0.15) is 0 Å². The number of rotatable bonds is 4. The summed E-state index contributed by atoms with van der Waals surface area (Å²) in [5.74, 6) is -1.34. The van der Waals surface area contributed by atoms with Gasteiger partial charge in [-0.1, -0.05) is 12.1 Å². The maximum atomic E-state index is 13.1. The first-order chi connectivity index (χ1) is 11.3. The number of carboxylic acid groups (broad SMARTS) is 1. The molecule has 0 amide bonds. The van der Waals surface area contributed by atoms with Crippen LogP contribution in [0.25, 0.3) is 21.3 Å². The van der Waals surface area contributed by atoms with Crippen molar-refractivity contribution in [3.8, 4) is 11.1 Å². The fourth-order valence-corrected chi connectivity index (χ4v) is 3.32. The number of hydrogen-bond donors (Lipinski definition) is 1. The number of fused-ring (bicyclic) bond motifs is 1. The standard InChI is InChI=1S/C17H15FN2O3S/c1-17(2,16(22)23)8-20-9-19-14-13(15(20)21)12(7-24-14)10-3-5-11(18)6-4-10/h3-7,9H,8H2,1-2H3,(H,22,23). The predicted molar refractivity (Wildman–Crippen MR) is 90.7 cm³/mol. The Morgan fingerprint density at radius 3 is 2.62 bits per heavy atom. The van der Waals surface area contributed by atoms with Crippen molar-refractivity contribution in [1.82, 2.24) is 9.55 Å². The molecule has 2 heterocycles. The molecule has 0 bridgehead atoms. The number of thiophene rings is 1. The van der Waals surface area contributed by atoms with E-state index in [9.17, 15) is 19.1 Å². The second-order valence-corrected chi connectivity index (χ2v) is 7.06. The maximum absolute atomic E-state index is 13.1. The van der Waals surface area contributed by atoms with Gasteiger partial charge in [0, 0.05) is 17.5 Å². The van der Waals surface area contributed by atoms with E-state index in [1.165, 1.54) is 34.4 Å². The molecule has 0 unspecified atom stereocenters. The minimum Gasteiger partial charge on any atom is -0.481 e. The Morgan fingerprint density at radius 2 is 2.00 bits per heavy atom. The smallest absolute Gasteiger partial charge is 0.310 e. The Hall–Kier alpha value is -2.54. The molecule has 3 rings (SSSR count). The lowest BCUT2D eigenvalue weighted by molar-refractivity contribution is -0.147. The maximum Gasteiger partial charge on any atom is 0.310 e. The lowest BCUT2D eigenvalue weighted by Crippen LogP contribution is -2.34. The number of carbonyl (C=O) groups is 1. The largest absolute Gasteiger partial charge is 0.481 e. The summed E-state index contributed by atoms with van der Waals surface area (Å²) < 4.78 is 14.4. The van der Waals surface area contributed by atoms with Gasteiger partial charge in [-0.15, -0.1) is 11.3 Å². The van der Waals surface area contributed by atoms with Crippen LogP contribution in [0, 0.1) is 11.2 Å². The average molecular weight is 346 g/mol. The highest BCUT2D eigenvalue weighted by Gasteiger charge is 2.28. The van der Waals surface area contributed by atoms with E-state index < -0.39 is 11.4 Å². The third-order valence-electron chi connectivity index (χ3n) is 3.86. The van der Waals surface area contributed by atoms with Crippen molar-refractivity contribution in [2.45, 2.75) is 20.4 Å². The first-order valence-corrected chi connectivity index (χ1v) is 8.13. The summed E-state index contributed by atoms with van der Waals surface area (Å²) in [4.78, 5) is 29.0. The topological polar surface area (TPSA) is 72.2 Å². The molecular weight excluding hydrogens is 331 g/mol. The van der Waals surface area contributed by atoms with Gasteiger partial charge >= 0.3 is 5.97 Å². The van der Waals surface area contributed by atoms with E-state index in [0.29, 0.717) is 15.8 Å². The predicted octanol–water partition coefficient (Wildman–Crippen LogP) is 3.37. The highest BCUT2D eigenvalue weighted by molar-refractivity contribution is 7.17. The first kappa shape index (κ1) is 16.3. The fraction of sp³-hybridized carbons (Fsp3) is 0.235. The van der Waals surface area contributed by atoms with Gasteiger partial charge in [0.25, 0.3) is 5.56 Å². The van der Waals surface area contributed by atoms with E-state index in [-0.39, 0.29) is 17.9 Å². The number of aromatic nitrogens is 2. The van der Waals surface area contributed by atoms with Crippen LogP contribution in [0.5, 0.6) is 0 Å². The Morgan fingerprint density at radius 1 is 1.33 bits per heavy atom. The van der Waals surface area contributed by atoms with Crippen molar-refractivity contribution in [3.05, 3.63) is 52.1 Å². The Labute approximate surface area is 141 Å². The molecular formula is C17H15FN2O3S. The van der Waals surface area contributed by atoms with Gasteiger partial charge in [-0.3, -0.25) is 14.2 Å². The molecule has 0 atom stereocenters. The summed E-state index contributed by atoms with van der Waals surface area (Å²) in [6, 6.07) is 5.88. The molecule has 1 aromatic carbocycles. The second-order valence-electron chi connectivity index (χ2n) is 6.20. The summed E-state index contributed by atoms with van der Waals surface area (Å²) in [5.41, 5.74) is 0.00675. The third-order valence-corrected chi connectivity index (χ3v) is 4.75. The molecule has 0 saturated heterocycles. The summed E-state index contributed by atoms with van der Waals surface area (Å²) >= 11 is 1.33. The molecule has 24 heavy (non-hydrogen) atoms. The van der Waals surface area contributed by atoms with Crippen LogP contribution in [0.15, 0.2) is 40.8 Å². The van der Waals surface area contributed by atoms with E-state index in [1.54, 1.807) is 31.4 Å². The molecule has 124 valence electrons. The normalized spacial score (nSPS) is 11.8. The summed E-state index contributed by atoms with van der Waals surface area (Å²) in [6.07, 6.45) is 1.38. The number of hydrogen-bond acceptors (Lipinski definition) is 4. The molecule has 0 radical (unpaired) electrons. The Balaban J connectivity index is 2.14. The lowest BCUT2D eigenvalue weighted by Gasteiger charge is -2.20. The molecule has 5 nitrogen and oxygen atoms in total. The molecule has 0 aliphatic heterocycles. The lowest BCUT2D eigenvalue weighted by atomic mass is 9.94. The first-order valence-electron chi connectivity index (χ1n) is 7.25. The van der Waals surface area contributed by atoms with Crippen LogP contribution in [0.3, 0.4) is 0 Å². The zero-order chi connectivity index (χ0) is 17.5. The highest BCUT2D eigenvalue weighted by atomic mass is 32.1. The summed E-state index contributed by atoms with van der Waals surface area (Å²) in [7, 11) is 0. The van der Waals surface area contributed by atoms with Crippen molar-refractivity contribution < 1.29 is 14.3 Å². The van der Waals surface area contributed by atoms with E-state index in [2.05, 4.69) is 4.98 Å². The number of aliphatic carboxylic acids is 1. The summed E-state index contributed by atoms with van der Waals surface area (Å²) in [5, 5.41) is 11.5. The van der Waals surface area contributed by atoms with Gasteiger partial charge in [0.1, 0.15) is 10.6 Å². The second kappa shape index (κ2) is 5.83. The molecule has 7 heteroatoms. The van der Waals surface area contributed by atoms with Crippen molar-refractivity contribution in [2.24, 2.45) is 5.41 Å². The van der Waals surface area contributed by atoms with Crippen LogP contribution in [-0.2, 0) is 11.3 Å². The number of benzene rings is 1. The third kappa shape index (κ3) is 2.82. The Kier molecular flexibility index (Phi) is 3.96. The van der Waals surface area contributed by atoms with E-state index in [4.69, 9.17) is 0 Å². The van der Waals surface area contributed by atoms with Crippen molar-refractivity contribution in [1.29, 1.82) is 0 Å². The van der Waals surface area contributed by atoms with Gasteiger partial charge in [0.2, 0.25) is 0 Å². The van der Waals surface area contributed by atoms with Crippen LogP contribution in [0.1, 0.15) is 13.8 Å². The molecule has 2 aromatic heterocycles. The molecule has 0 aliphatic carbocycles. The number of halogens is 1. The molecule has 1 N–H and O–H groups in total. The minimum atomic E-state index is -1.09. The van der Waals surface area contributed by atoms with Gasteiger partial charge in [-0.05, 0) is 31.5 Å². The minimum absolute atomic E-state index is 0.0167. The van der Waals surface area contributed by atoms with Gasteiger partial charge in [-0.25, -0.2) is 9.37 Å². The SMILES string of the molecule is CC(C)(Cn1cnc2scc(-c3ccc(F)cc3)c2c1=O)C(=O)O. The molecule has 3 aromatic rings. The van der Waals surface area contributed by atoms with Gasteiger partial charge in [0.05, 0.1) is 17.1 Å². The van der Waals surface area contributed by atoms with E-state index in [1.807, 2.05) is 0 Å². The average Bonchev–Trinajstić information content (AvgIpc) is 2.95. The van der Waals surface area contributed by atoms with Crippen LogP contribution >= 0.6 is 11.3 Å². The van der Waals surface area contributed by atoms with Crippen molar-refractivity contribution in [3.63, 3.8) is 0 Å². The van der Waals surface area contributed by atoms with Crippen LogP contribution in [-0.4, -0.2) is 20.6 Å². The van der Waals surface area contributed by atoms with Crippen molar-refractivity contribution >= 4 is 27.5 Å². The summed E-state index contributed by atoms with van der Waals surface area (Å²) in [6.45, 7) is 3.13. The molecule has 0 saturated carbocycles. The zero-order valence-corrected chi connectivity index (χ0v) is 13.9. The monoisotopic (exact) mass is 346 g/mol. The van der Waals surface area contributed by atoms with Gasteiger partial charge in [0.15, 0.2) is 0 Å². The Bertz CT molecular complexity index is 974. The molecule has 0 spiro atoms. The van der Waals surface area contributed by atoms with Crippen LogP contribution < -0.4 is 5.56 Å². The van der Waals surface area contributed by atoms with Gasteiger partial charge < -0.3 is 5.11 Å². The van der Waals surface area contributed by atoms with Crippen LogP contribution in [0.2, 0.25) is 0 Å². The quantitative estimate of drug-likeness (QED) is 0.786. The van der Waals surface area contributed by atoms with Crippen LogP contribution in [0.4, 0.5) is 4.39 Å². The number of nitrogens with zero attached hydrogens (tertiary/aromatic N) is 2. The zero-order valence-electron chi connectivity index (χ0n) is 13.1. The fourth-order valence-electron chi connectivity index (χ4n) is 2.42. The van der Waals surface area contributed by atoms with Crippen molar-refractivity contribution in [2.75, 3.05) is 0 Å². The molecule has 0 fully saturated rings. The highest BCUT2D eigenvalue weighted by Crippen LogP contribution is 2.31. The number of carboxylic acids is 1. The molecule has 0 aliphatic rings.